The normalized spacial score (nSPS) is 12.5. The van der Waals surface area contributed by atoms with Gasteiger partial charge in [-0.25, -0.2) is 13.9 Å². The summed E-state index contributed by atoms with van der Waals surface area (Å²) in [5, 5.41) is 17.0. The Morgan fingerprint density at radius 3 is 2.68 bits per heavy atom. The average Bonchev–Trinajstić information content (AvgIpc) is 2.96. The molecule has 2 aromatic heterocycles. The summed E-state index contributed by atoms with van der Waals surface area (Å²) in [5.74, 6) is 0.386. The van der Waals surface area contributed by atoms with E-state index < -0.39 is 0 Å². The van der Waals surface area contributed by atoms with Gasteiger partial charge in [0, 0.05) is 5.56 Å². The average molecular weight is 300 g/mol. The molecule has 1 atom stereocenters. The fourth-order valence-electron chi connectivity index (χ4n) is 2.25. The lowest BCUT2D eigenvalue weighted by molar-refractivity contribution is 0.271. The van der Waals surface area contributed by atoms with Gasteiger partial charge in [0.15, 0.2) is 5.65 Å². The summed E-state index contributed by atoms with van der Waals surface area (Å²) in [7, 11) is 0. The monoisotopic (exact) mass is 300 g/mol. The maximum Gasteiger partial charge on any atom is 0.154 e. The van der Waals surface area contributed by atoms with E-state index in [4.69, 9.17) is 0 Å². The fourth-order valence-corrected chi connectivity index (χ4v) is 2.25. The van der Waals surface area contributed by atoms with Crippen LogP contribution in [0.2, 0.25) is 0 Å². The number of benzene rings is 1. The van der Waals surface area contributed by atoms with Gasteiger partial charge in [-0.05, 0) is 42.8 Å². The molecule has 1 unspecified atom stereocenters. The lowest BCUT2D eigenvalue weighted by Crippen LogP contribution is -2.23. The van der Waals surface area contributed by atoms with Crippen molar-refractivity contribution in [3.05, 3.63) is 48.4 Å². The molecular weight excluding hydrogens is 283 g/mol. The molecule has 2 heterocycles. The van der Waals surface area contributed by atoms with E-state index in [0.717, 1.165) is 17.7 Å². The molecule has 0 aliphatic rings. The minimum Gasteiger partial charge on any atom is -0.394 e. The highest BCUT2D eigenvalue weighted by molar-refractivity contribution is 5.63. The fraction of sp³-hybridized carbons (Fsp3) is 0.250. The Kier molecular flexibility index (Phi) is 4.02. The van der Waals surface area contributed by atoms with Gasteiger partial charge >= 0.3 is 0 Å². The zero-order valence-electron chi connectivity index (χ0n) is 12.2. The predicted octanol–water partition coefficient (Wildman–Crippen LogP) is 2.72. The molecule has 0 radical (unpaired) electrons. The zero-order chi connectivity index (χ0) is 15.5. The van der Waals surface area contributed by atoms with Crippen LogP contribution in [0.25, 0.3) is 16.9 Å². The van der Waals surface area contributed by atoms with Gasteiger partial charge in [-0.3, -0.25) is 0 Å². The van der Waals surface area contributed by atoms with Crippen LogP contribution in [0.15, 0.2) is 42.6 Å². The smallest absolute Gasteiger partial charge is 0.154 e. The first-order chi connectivity index (χ1) is 10.7. The van der Waals surface area contributed by atoms with E-state index in [9.17, 15) is 9.50 Å². The molecule has 0 saturated carbocycles. The van der Waals surface area contributed by atoms with Gasteiger partial charge in [-0.2, -0.15) is 0 Å². The van der Waals surface area contributed by atoms with Gasteiger partial charge in [0.2, 0.25) is 0 Å². The molecule has 3 aromatic rings. The van der Waals surface area contributed by atoms with Crippen molar-refractivity contribution in [2.45, 2.75) is 19.4 Å². The van der Waals surface area contributed by atoms with Gasteiger partial charge in [0.05, 0.1) is 24.5 Å². The number of nitrogens with one attached hydrogen (secondary N) is 1. The summed E-state index contributed by atoms with van der Waals surface area (Å²) in [5.41, 5.74) is 2.34. The molecule has 3 rings (SSSR count). The van der Waals surface area contributed by atoms with Crippen LogP contribution >= 0.6 is 0 Å². The van der Waals surface area contributed by atoms with Crippen LogP contribution in [0.1, 0.15) is 13.3 Å². The third-order valence-electron chi connectivity index (χ3n) is 3.57. The van der Waals surface area contributed by atoms with Crippen molar-refractivity contribution in [1.82, 2.24) is 14.6 Å². The van der Waals surface area contributed by atoms with Crippen LogP contribution in [-0.2, 0) is 0 Å². The Morgan fingerprint density at radius 2 is 2.00 bits per heavy atom. The second-order valence-electron chi connectivity index (χ2n) is 5.07. The Morgan fingerprint density at radius 1 is 1.23 bits per heavy atom. The minimum absolute atomic E-state index is 0.0391. The number of aliphatic hydroxyl groups excluding tert-OH is 1. The molecule has 22 heavy (non-hydrogen) atoms. The van der Waals surface area contributed by atoms with Gasteiger partial charge in [0.25, 0.3) is 0 Å². The Labute approximate surface area is 127 Å². The quantitative estimate of drug-likeness (QED) is 0.760. The van der Waals surface area contributed by atoms with Crippen molar-refractivity contribution in [1.29, 1.82) is 0 Å². The molecule has 1 aromatic carbocycles. The summed E-state index contributed by atoms with van der Waals surface area (Å²) in [6.07, 6.45) is 2.51. The zero-order valence-corrected chi connectivity index (χ0v) is 12.2. The van der Waals surface area contributed by atoms with Gasteiger partial charge in [-0.15, -0.1) is 5.10 Å². The van der Waals surface area contributed by atoms with E-state index in [-0.39, 0.29) is 18.5 Å². The summed E-state index contributed by atoms with van der Waals surface area (Å²) in [6, 6.07) is 9.86. The largest absolute Gasteiger partial charge is 0.394 e. The second kappa shape index (κ2) is 6.11. The van der Waals surface area contributed by atoms with Crippen LogP contribution in [0.3, 0.4) is 0 Å². The van der Waals surface area contributed by atoms with Crippen molar-refractivity contribution in [3.63, 3.8) is 0 Å². The molecule has 0 amide bonds. The van der Waals surface area contributed by atoms with E-state index in [1.165, 1.54) is 12.1 Å². The number of fused-ring (bicyclic) bond motifs is 1. The number of imidazole rings is 1. The number of rotatable bonds is 5. The molecule has 0 aliphatic heterocycles. The topological polar surface area (TPSA) is 62.5 Å². The summed E-state index contributed by atoms with van der Waals surface area (Å²) in [6.45, 7) is 2.04. The summed E-state index contributed by atoms with van der Waals surface area (Å²) >= 11 is 0. The van der Waals surface area contributed by atoms with Crippen molar-refractivity contribution >= 4 is 11.5 Å². The van der Waals surface area contributed by atoms with E-state index >= 15 is 0 Å². The van der Waals surface area contributed by atoms with Crippen molar-refractivity contribution in [2.24, 2.45) is 0 Å². The lowest BCUT2D eigenvalue weighted by Gasteiger charge is -2.14. The van der Waals surface area contributed by atoms with Crippen molar-refractivity contribution in [2.75, 3.05) is 11.9 Å². The molecule has 114 valence electrons. The summed E-state index contributed by atoms with van der Waals surface area (Å²) < 4.78 is 14.8. The van der Waals surface area contributed by atoms with Crippen LogP contribution in [0.4, 0.5) is 10.2 Å². The third kappa shape index (κ3) is 2.78. The van der Waals surface area contributed by atoms with E-state index in [1.807, 2.05) is 19.1 Å². The number of hydrogen-bond acceptors (Lipinski definition) is 4. The standard InChI is InChI=1S/C16H17FN4O/c1-2-13(10-22)19-15-7-8-16-18-9-14(21(16)20-15)11-3-5-12(17)6-4-11/h3-9,13,22H,2,10H2,1H3,(H,19,20). The molecule has 0 bridgehead atoms. The third-order valence-corrected chi connectivity index (χ3v) is 3.57. The molecule has 0 spiro atoms. The van der Waals surface area contributed by atoms with Crippen LogP contribution in [0, 0.1) is 5.82 Å². The SMILES string of the molecule is CCC(CO)Nc1ccc2ncc(-c3ccc(F)cc3)n2n1. The van der Waals surface area contributed by atoms with Crippen molar-refractivity contribution < 1.29 is 9.50 Å². The summed E-state index contributed by atoms with van der Waals surface area (Å²) in [4.78, 5) is 4.31. The van der Waals surface area contributed by atoms with Gasteiger partial charge in [0.1, 0.15) is 11.6 Å². The highest BCUT2D eigenvalue weighted by Gasteiger charge is 2.10. The number of aromatic nitrogens is 3. The highest BCUT2D eigenvalue weighted by Crippen LogP contribution is 2.21. The van der Waals surface area contributed by atoms with Crippen LogP contribution in [-0.4, -0.2) is 32.4 Å². The second-order valence-corrected chi connectivity index (χ2v) is 5.07. The first-order valence-corrected chi connectivity index (χ1v) is 7.19. The Hall–Kier alpha value is -2.47. The van der Waals surface area contributed by atoms with Gasteiger partial charge < -0.3 is 10.4 Å². The molecule has 0 saturated heterocycles. The van der Waals surface area contributed by atoms with Crippen molar-refractivity contribution in [3.8, 4) is 11.3 Å². The van der Waals surface area contributed by atoms with Gasteiger partial charge in [-0.1, -0.05) is 6.92 Å². The molecule has 0 fully saturated rings. The Balaban J connectivity index is 2.00. The Bertz CT molecular complexity index is 765. The molecule has 5 nitrogen and oxygen atoms in total. The number of halogens is 1. The molecule has 0 aliphatic carbocycles. The molecular formula is C16H17FN4O. The van der Waals surface area contributed by atoms with Crippen LogP contribution < -0.4 is 5.32 Å². The van der Waals surface area contributed by atoms with E-state index in [2.05, 4.69) is 15.4 Å². The maximum atomic E-state index is 13.1. The number of anilines is 1. The number of nitrogens with zero attached hydrogens (tertiary/aromatic N) is 3. The molecule has 6 heteroatoms. The number of hydrogen-bond donors (Lipinski definition) is 2. The van der Waals surface area contributed by atoms with Crippen LogP contribution in [0.5, 0.6) is 0 Å². The molecule has 2 N–H and O–H groups in total. The maximum absolute atomic E-state index is 13.1. The first kappa shape index (κ1) is 14.5. The highest BCUT2D eigenvalue weighted by atomic mass is 19.1. The van der Waals surface area contributed by atoms with E-state index in [0.29, 0.717) is 11.5 Å². The number of aliphatic hydroxyl groups is 1. The first-order valence-electron chi connectivity index (χ1n) is 7.19. The minimum atomic E-state index is -0.276. The van der Waals surface area contributed by atoms with E-state index in [1.54, 1.807) is 22.8 Å². The predicted molar refractivity (Wildman–Crippen MR) is 83.2 cm³/mol. The lowest BCUT2D eigenvalue weighted by atomic mass is 10.2.